The zero-order valence-corrected chi connectivity index (χ0v) is 34.3. The number of aliphatic hydroxyl groups excluding tert-OH is 2. The minimum Gasteiger partial charge on any atom is -0.459 e. The Morgan fingerprint density at radius 2 is 1.52 bits per heavy atom. The van der Waals surface area contributed by atoms with E-state index >= 15 is 0 Å². The number of hydrogen-bond donors (Lipinski definition) is 4. The summed E-state index contributed by atoms with van der Waals surface area (Å²) in [6.45, 7) is 17.0. The van der Waals surface area contributed by atoms with E-state index in [0.29, 0.717) is 6.42 Å². The predicted molar refractivity (Wildman–Crippen MR) is 193 cm³/mol. The van der Waals surface area contributed by atoms with E-state index < -0.39 is 114 Å². The second-order valence-corrected chi connectivity index (χ2v) is 16.7. The normalized spacial score (nSPS) is 48.6. The summed E-state index contributed by atoms with van der Waals surface area (Å²) in [7, 11) is 4.66. The third-order valence-corrected chi connectivity index (χ3v) is 12.5. The fourth-order valence-corrected chi connectivity index (χ4v) is 8.74. The highest BCUT2D eigenvalue weighted by Gasteiger charge is 2.55. The predicted octanol–water partition coefficient (Wildman–Crippen LogP) is 2.27. The summed E-state index contributed by atoms with van der Waals surface area (Å²) in [5.74, 6) is -3.64. The van der Waals surface area contributed by atoms with Gasteiger partial charge >= 0.3 is 12.1 Å². The topological polar surface area (TPSA) is 201 Å². The van der Waals surface area contributed by atoms with Crippen molar-refractivity contribution in [1.82, 2.24) is 10.2 Å². The zero-order chi connectivity index (χ0) is 40.7. The molecule has 16 heteroatoms. The first-order valence-electron chi connectivity index (χ1n) is 19.3. The van der Waals surface area contributed by atoms with E-state index in [1.54, 1.807) is 55.5 Å². The molecule has 0 bridgehead atoms. The van der Waals surface area contributed by atoms with Crippen LogP contribution in [0.15, 0.2) is 0 Å². The van der Waals surface area contributed by atoms with Crippen LogP contribution in [0.4, 0.5) is 4.79 Å². The van der Waals surface area contributed by atoms with E-state index in [4.69, 9.17) is 37.9 Å². The molecular weight excluding hydrogens is 708 g/mol. The van der Waals surface area contributed by atoms with Gasteiger partial charge < -0.3 is 63.4 Å². The summed E-state index contributed by atoms with van der Waals surface area (Å²) in [6, 6.07) is -1.26. The Bertz CT molecular complexity index is 1320. The van der Waals surface area contributed by atoms with Gasteiger partial charge in [0.05, 0.1) is 53.6 Å². The van der Waals surface area contributed by atoms with Crippen molar-refractivity contribution >= 4 is 18.0 Å². The molecule has 0 saturated carbocycles. The molecule has 4 fully saturated rings. The number of amides is 2. The molecule has 4 aliphatic heterocycles. The maximum absolute atomic E-state index is 14.3. The molecule has 4 rings (SSSR count). The molecule has 54 heavy (non-hydrogen) atoms. The Labute approximate surface area is 319 Å². The molecule has 18 atom stereocenters. The van der Waals surface area contributed by atoms with E-state index in [2.05, 4.69) is 5.32 Å². The number of cyclic esters (lactones) is 1. The van der Waals surface area contributed by atoms with E-state index in [-0.39, 0.29) is 31.4 Å². The number of aliphatic hydroxyl groups is 3. The first kappa shape index (κ1) is 44.6. The Hall–Kier alpha value is -2.15. The molecule has 4 aliphatic rings. The highest BCUT2D eigenvalue weighted by molar-refractivity contribution is 5.78. The second-order valence-electron chi connectivity index (χ2n) is 16.7. The number of nitrogens with one attached hydrogen (secondary N) is 1. The summed E-state index contributed by atoms with van der Waals surface area (Å²) in [5.41, 5.74) is -4.27. The smallest absolute Gasteiger partial charge is 0.410 e. The molecular formula is C38H66N2O14. The van der Waals surface area contributed by atoms with Crippen molar-refractivity contribution in [2.75, 3.05) is 21.3 Å². The fourth-order valence-electron chi connectivity index (χ4n) is 8.74. The van der Waals surface area contributed by atoms with Gasteiger partial charge in [0.2, 0.25) is 5.91 Å². The summed E-state index contributed by atoms with van der Waals surface area (Å²) in [6.07, 6.45) is -9.14. The first-order valence-corrected chi connectivity index (χ1v) is 19.3. The number of likely N-dealkylation sites (N-methyl/N-ethyl adjacent to an activating group) is 1. The summed E-state index contributed by atoms with van der Waals surface area (Å²) in [4.78, 5) is 42.3. The first-order chi connectivity index (χ1) is 25.0. The Morgan fingerprint density at radius 3 is 2.11 bits per heavy atom. The van der Waals surface area contributed by atoms with Gasteiger partial charge in [-0.1, -0.05) is 20.8 Å². The minimum absolute atomic E-state index is 0.0909. The number of hydrogen-bond acceptors (Lipinski definition) is 14. The number of nitrogens with zero attached hydrogens (tertiary/aromatic N) is 1. The number of carbonyl (C=O) groups is 3. The van der Waals surface area contributed by atoms with Crippen molar-refractivity contribution in [1.29, 1.82) is 0 Å². The molecule has 2 amide bonds. The van der Waals surface area contributed by atoms with Crippen molar-refractivity contribution < 1.29 is 67.6 Å². The van der Waals surface area contributed by atoms with Crippen molar-refractivity contribution in [3.63, 3.8) is 0 Å². The lowest BCUT2D eigenvalue weighted by atomic mass is 9.77. The highest BCUT2D eigenvalue weighted by Crippen LogP contribution is 2.42. The highest BCUT2D eigenvalue weighted by atomic mass is 16.7. The lowest BCUT2D eigenvalue weighted by Gasteiger charge is -2.49. The molecule has 0 aliphatic carbocycles. The van der Waals surface area contributed by atoms with E-state index in [1.807, 2.05) is 13.8 Å². The molecule has 0 aromatic heterocycles. The molecule has 0 aromatic carbocycles. The van der Waals surface area contributed by atoms with Crippen molar-refractivity contribution in [2.45, 2.75) is 185 Å². The van der Waals surface area contributed by atoms with Gasteiger partial charge in [0, 0.05) is 39.5 Å². The summed E-state index contributed by atoms with van der Waals surface area (Å²) < 4.78 is 49.9. The molecule has 0 aromatic rings. The minimum atomic E-state index is -1.95. The molecule has 0 spiro atoms. The maximum atomic E-state index is 14.3. The molecule has 4 heterocycles. The van der Waals surface area contributed by atoms with Crippen LogP contribution < -0.4 is 5.32 Å². The van der Waals surface area contributed by atoms with E-state index in [9.17, 15) is 29.7 Å². The monoisotopic (exact) mass is 774 g/mol. The van der Waals surface area contributed by atoms with Crippen LogP contribution in [0.2, 0.25) is 0 Å². The second kappa shape index (κ2) is 17.1. The van der Waals surface area contributed by atoms with Crippen LogP contribution >= 0.6 is 0 Å². The van der Waals surface area contributed by atoms with Crippen molar-refractivity contribution in [3.8, 4) is 0 Å². The van der Waals surface area contributed by atoms with Gasteiger partial charge in [0.15, 0.2) is 18.7 Å². The Balaban J connectivity index is 1.86. The van der Waals surface area contributed by atoms with Crippen LogP contribution in [-0.4, -0.2) is 150 Å². The summed E-state index contributed by atoms with van der Waals surface area (Å²) >= 11 is 0. The van der Waals surface area contributed by atoms with Gasteiger partial charge in [0.1, 0.15) is 23.9 Å². The van der Waals surface area contributed by atoms with Gasteiger partial charge in [-0.2, -0.15) is 0 Å². The van der Waals surface area contributed by atoms with Gasteiger partial charge in [-0.15, -0.1) is 0 Å². The van der Waals surface area contributed by atoms with E-state index in [1.165, 1.54) is 26.0 Å². The number of methoxy groups -OCH3 is 2. The average molecular weight is 775 g/mol. The molecule has 4 N–H and O–H groups in total. The van der Waals surface area contributed by atoms with Crippen molar-refractivity contribution in [2.24, 2.45) is 17.8 Å². The molecule has 312 valence electrons. The third kappa shape index (κ3) is 8.86. The SMILES string of the molecule is CC[C@H]1OC(=O)[C@H](C)[C@@H](O[C@H]2C[C@@](C)(OC)[C@@H](O)[C@H](C)O2)[C@H](C)[C@@H](O[C@@H]2O[C@H](C)C[C@H]3[C@H]2OC(=O)N3C)[C@](C)(OC)C[C@@H](C)C(=O)N[C@H](C)[C@@H](O)[C@]1(C)O. The zero-order valence-electron chi connectivity index (χ0n) is 34.3. The molecule has 16 nitrogen and oxygen atoms in total. The number of ether oxygens (including phenoxy) is 8. The van der Waals surface area contributed by atoms with E-state index in [0.717, 1.165) is 0 Å². The Kier molecular flexibility index (Phi) is 14.1. The number of fused-ring (bicyclic) bond motifs is 1. The Morgan fingerprint density at radius 1 is 0.889 bits per heavy atom. The molecule has 4 saturated heterocycles. The lowest BCUT2D eigenvalue weighted by Crippen LogP contribution is -2.60. The quantitative estimate of drug-likeness (QED) is 0.275. The van der Waals surface area contributed by atoms with Crippen LogP contribution in [-0.2, 0) is 47.5 Å². The average Bonchev–Trinajstić information content (AvgIpc) is 3.40. The molecule has 0 radical (unpaired) electrons. The van der Waals surface area contributed by atoms with Gasteiger partial charge in [-0.05, 0) is 67.7 Å². The van der Waals surface area contributed by atoms with Crippen molar-refractivity contribution in [3.05, 3.63) is 0 Å². The van der Waals surface area contributed by atoms with Crippen LogP contribution in [0.25, 0.3) is 0 Å². The van der Waals surface area contributed by atoms with Gasteiger partial charge in [0.25, 0.3) is 0 Å². The standard InChI is InChI=1S/C38H66N2O14/c1-14-25-38(10,46)29(41)22(6)39-32(43)18(2)16-37(9,48-13)31(54-34-28-24(15-19(3)49-34)40(11)35(45)53-28)20(4)27(21(5)33(44)51-25)52-26-17-36(8,47-12)30(42)23(7)50-26/h18-31,34,41-42,46H,14-17H2,1-13H3,(H,39,43)/t18-,19-,20+,21-,22-,23+,24+,25-,26+,27+,28-,29-,30+,31-,34+,36-,37-,38-/m1/s1. The van der Waals surface area contributed by atoms with Gasteiger partial charge in [-0.3, -0.25) is 9.59 Å². The van der Waals surface area contributed by atoms with Crippen LogP contribution in [0, 0.1) is 17.8 Å². The van der Waals surface area contributed by atoms with Crippen LogP contribution in [0.3, 0.4) is 0 Å². The number of rotatable bonds is 7. The lowest BCUT2D eigenvalue weighted by molar-refractivity contribution is -0.315. The van der Waals surface area contributed by atoms with Crippen LogP contribution in [0.1, 0.15) is 94.9 Å². The molecule has 0 unspecified atom stereocenters. The fraction of sp³-hybridized carbons (Fsp3) is 0.921. The number of esters is 1. The summed E-state index contributed by atoms with van der Waals surface area (Å²) in [5, 5.41) is 36.7. The van der Waals surface area contributed by atoms with Gasteiger partial charge in [-0.25, -0.2) is 4.79 Å². The maximum Gasteiger partial charge on any atom is 0.410 e. The third-order valence-electron chi connectivity index (χ3n) is 12.5. The number of carbonyl (C=O) groups excluding carboxylic acids is 3. The largest absolute Gasteiger partial charge is 0.459 e. The van der Waals surface area contributed by atoms with Crippen LogP contribution in [0.5, 0.6) is 0 Å².